The van der Waals surface area contributed by atoms with E-state index < -0.39 is 10.0 Å². The van der Waals surface area contributed by atoms with Gasteiger partial charge in [0.25, 0.3) is 15.9 Å². The maximum Gasteiger partial charge on any atom is 0.264 e. The van der Waals surface area contributed by atoms with Gasteiger partial charge in [0.05, 0.1) is 12.0 Å². The van der Waals surface area contributed by atoms with Gasteiger partial charge in [0, 0.05) is 25.7 Å². The van der Waals surface area contributed by atoms with Gasteiger partial charge in [-0.25, -0.2) is 8.42 Å². The zero-order valence-corrected chi connectivity index (χ0v) is 13.8. The van der Waals surface area contributed by atoms with Gasteiger partial charge >= 0.3 is 0 Å². The molecule has 0 radical (unpaired) electrons. The summed E-state index contributed by atoms with van der Waals surface area (Å²) < 4.78 is 25.1. The van der Waals surface area contributed by atoms with Crippen LogP contribution in [0.5, 0.6) is 0 Å². The van der Waals surface area contributed by atoms with E-state index >= 15 is 0 Å². The van der Waals surface area contributed by atoms with Gasteiger partial charge in [-0.3, -0.25) is 9.63 Å². The molecule has 118 valence electrons. The predicted octanol–water partition coefficient (Wildman–Crippen LogP) is 1.74. The van der Waals surface area contributed by atoms with Crippen LogP contribution in [-0.2, 0) is 14.9 Å². The lowest BCUT2D eigenvalue weighted by atomic mass is 10.1. The van der Waals surface area contributed by atoms with Gasteiger partial charge in [-0.2, -0.15) is 0 Å². The lowest BCUT2D eigenvalue weighted by Gasteiger charge is -2.24. The molecule has 0 bridgehead atoms. The van der Waals surface area contributed by atoms with E-state index in [1.165, 1.54) is 26.3 Å². The second kappa shape index (κ2) is 7.02. The van der Waals surface area contributed by atoms with Crippen molar-refractivity contribution in [2.24, 2.45) is 0 Å². The smallest absolute Gasteiger partial charge is 0.264 e. The molecule has 0 fully saturated rings. The van der Waals surface area contributed by atoms with E-state index in [1.54, 1.807) is 24.1 Å². The molecule has 1 rings (SSSR count). The van der Waals surface area contributed by atoms with Crippen molar-refractivity contribution in [1.82, 2.24) is 9.37 Å². The molecule has 0 spiro atoms. The standard InChI is InChI=1S/C14H22N2O4S/c1-6-11(2)15(3)14(17)12-8-7-9-13(10-12)21(18,19)16(4)20-5/h7-11H,6H2,1-5H3. The summed E-state index contributed by atoms with van der Waals surface area (Å²) in [5.41, 5.74) is 0.336. The highest BCUT2D eigenvalue weighted by atomic mass is 32.2. The van der Waals surface area contributed by atoms with Crippen LogP contribution >= 0.6 is 0 Å². The number of hydroxylamine groups is 1. The molecule has 7 heteroatoms. The van der Waals surface area contributed by atoms with E-state index in [-0.39, 0.29) is 16.8 Å². The first-order chi connectivity index (χ1) is 9.75. The Morgan fingerprint density at radius 3 is 2.48 bits per heavy atom. The van der Waals surface area contributed by atoms with Gasteiger partial charge in [0.1, 0.15) is 0 Å². The van der Waals surface area contributed by atoms with Crippen LogP contribution in [-0.4, -0.2) is 50.9 Å². The molecular formula is C14H22N2O4S. The Morgan fingerprint density at radius 2 is 1.95 bits per heavy atom. The molecule has 0 N–H and O–H groups in total. The minimum atomic E-state index is -3.76. The Morgan fingerprint density at radius 1 is 1.33 bits per heavy atom. The number of carbonyl (C=O) groups is 1. The molecule has 0 aliphatic heterocycles. The number of hydrogen-bond donors (Lipinski definition) is 0. The van der Waals surface area contributed by atoms with Crippen molar-refractivity contribution >= 4 is 15.9 Å². The van der Waals surface area contributed by atoms with Crippen LogP contribution in [0.1, 0.15) is 30.6 Å². The molecule has 0 saturated heterocycles. The molecule has 1 aromatic carbocycles. The highest BCUT2D eigenvalue weighted by Crippen LogP contribution is 2.17. The summed E-state index contributed by atoms with van der Waals surface area (Å²) >= 11 is 0. The lowest BCUT2D eigenvalue weighted by molar-refractivity contribution is -0.0258. The zero-order chi connectivity index (χ0) is 16.2. The number of amides is 1. The number of nitrogens with zero attached hydrogens (tertiary/aromatic N) is 2. The van der Waals surface area contributed by atoms with Crippen LogP contribution in [0.15, 0.2) is 29.2 Å². The van der Waals surface area contributed by atoms with Gasteiger partial charge < -0.3 is 4.90 Å². The first kappa shape index (κ1) is 17.6. The molecule has 1 atom stereocenters. The van der Waals surface area contributed by atoms with Crippen LogP contribution in [0.3, 0.4) is 0 Å². The number of hydrogen-bond acceptors (Lipinski definition) is 4. The lowest BCUT2D eigenvalue weighted by Crippen LogP contribution is -2.34. The van der Waals surface area contributed by atoms with Crippen molar-refractivity contribution < 1.29 is 18.0 Å². The molecule has 0 heterocycles. The maximum absolute atomic E-state index is 12.3. The predicted molar refractivity (Wildman–Crippen MR) is 80.2 cm³/mol. The van der Waals surface area contributed by atoms with E-state index in [0.29, 0.717) is 5.56 Å². The molecule has 0 aromatic heterocycles. The molecule has 0 saturated carbocycles. The van der Waals surface area contributed by atoms with Crippen molar-refractivity contribution in [3.8, 4) is 0 Å². The number of sulfonamides is 1. The van der Waals surface area contributed by atoms with E-state index in [4.69, 9.17) is 4.84 Å². The fraction of sp³-hybridized carbons (Fsp3) is 0.500. The quantitative estimate of drug-likeness (QED) is 0.750. The topological polar surface area (TPSA) is 66.9 Å². The molecule has 0 aliphatic rings. The third kappa shape index (κ3) is 3.81. The summed E-state index contributed by atoms with van der Waals surface area (Å²) in [4.78, 5) is 18.7. The normalized spacial score (nSPS) is 13.2. The van der Waals surface area contributed by atoms with Crippen molar-refractivity contribution in [3.63, 3.8) is 0 Å². The molecule has 1 aromatic rings. The van der Waals surface area contributed by atoms with Gasteiger partial charge in [-0.1, -0.05) is 17.5 Å². The molecule has 1 unspecified atom stereocenters. The first-order valence-corrected chi connectivity index (χ1v) is 8.10. The Kier molecular flexibility index (Phi) is 5.88. The van der Waals surface area contributed by atoms with E-state index in [9.17, 15) is 13.2 Å². The van der Waals surface area contributed by atoms with Gasteiger partial charge in [-0.05, 0) is 31.5 Å². The van der Waals surface area contributed by atoms with Gasteiger partial charge in [0.2, 0.25) is 0 Å². The number of benzene rings is 1. The number of carbonyl (C=O) groups excluding carboxylic acids is 1. The van der Waals surface area contributed by atoms with E-state index in [2.05, 4.69) is 0 Å². The number of rotatable bonds is 6. The van der Waals surface area contributed by atoms with Crippen LogP contribution in [0.25, 0.3) is 0 Å². The maximum atomic E-state index is 12.3. The molecule has 21 heavy (non-hydrogen) atoms. The Balaban J connectivity index is 3.15. The second-order valence-electron chi connectivity index (χ2n) is 4.80. The average Bonchev–Trinajstić information content (AvgIpc) is 2.51. The van der Waals surface area contributed by atoms with Crippen LogP contribution in [0.2, 0.25) is 0 Å². The summed E-state index contributed by atoms with van der Waals surface area (Å²) in [6.45, 7) is 3.93. The zero-order valence-electron chi connectivity index (χ0n) is 13.0. The summed E-state index contributed by atoms with van der Waals surface area (Å²) in [7, 11) is 0.519. The third-order valence-electron chi connectivity index (χ3n) is 3.55. The van der Waals surface area contributed by atoms with Crippen molar-refractivity contribution in [1.29, 1.82) is 0 Å². The average molecular weight is 314 g/mol. The summed E-state index contributed by atoms with van der Waals surface area (Å²) in [5, 5.41) is 0. The van der Waals surface area contributed by atoms with Gasteiger partial charge in [-0.15, -0.1) is 0 Å². The minimum Gasteiger partial charge on any atom is -0.339 e. The molecule has 0 aliphatic carbocycles. The summed E-state index contributed by atoms with van der Waals surface area (Å²) in [6, 6.07) is 6.04. The van der Waals surface area contributed by atoms with Crippen molar-refractivity contribution in [2.75, 3.05) is 21.2 Å². The van der Waals surface area contributed by atoms with Gasteiger partial charge in [0.15, 0.2) is 0 Å². The Labute approximate surface area is 126 Å². The van der Waals surface area contributed by atoms with Crippen LogP contribution in [0, 0.1) is 0 Å². The monoisotopic (exact) mass is 314 g/mol. The Hall–Kier alpha value is -1.44. The largest absolute Gasteiger partial charge is 0.339 e. The SMILES string of the molecule is CCC(C)N(C)C(=O)c1cccc(S(=O)(=O)N(C)OC)c1. The van der Waals surface area contributed by atoms with Crippen LogP contribution < -0.4 is 0 Å². The first-order valence-electron chi connectivity index (χ1n) is 6.66. The van der Waals surface area contributed by atoms with E-state index in [1.807, 2.05) is 13.8 Å². The minimum absolute atomic E-state index is 0.0234. The fourth-order valence-corrected chi connectivity index (χ4v) is 2.73. The second-order valence-corrected chi connectivity index (χ2v) is 6.73. The van der Waals surface area contributed by atoms with Crippen molar-refractivity contribution in [3.05, 3.63) is 29.8 Å². The van der Waals surface area contributed by atoms with E-state index in [0.717, 1.165) is 10.9 Å². The highest BCUT2D eigenvalue weighted by molar-refractivity contribution is 7.89. The molecule has 6 nitrogen and oxygen atoms in total. The fourth-order valence-electron chi connectivity index (χ4n) is 1.71. The summed E-state index contributed by atoms with van der Waals surface area (Å²) in [5.74, 6) is -0.207. The van der Waals surface area contributed by atoms with Crippen molar-refractivity contribution in [2.45, 2.75) is 31.2 Å². The third-order valence-corrected chi connectivity index (χ3v) is 5.22. The van der Waals surface area contributed by atoms with Crippen LogP contribution in [0.4, 0.5) is 0 Å². The highest BCUT2D eigenvalue weighted by Gasteiger charge is 2.23. The summed E-state index contributed by atoms with van der Waals surface area (Å²) in [6.07, 6.45) is 0.826. The molecular weight excluding hydrogens is 292 g/mol. The Bertz CT molecular complexity index is 601. The molecule has 1 amide bonds.